The molecule has 0 saturated heterocycles. The summed E-state index contributed by atoms with van der Waals surface area (Å²) in [5, 5.41) is 3.46. The molecule has 0 fully saturated rings. The maximum absolute atomic E-state index is 13.4. The Hall–Kier alpha value is -1.94. The van der Waals surface area contributed by atoms with Crippen LogP contribution < -0.4 is 10.1 Å². The van der Waals surface area contributed by atoms with E-state index in [1.165, 1.54) is 6.07 Å². The maximum atomic E-state index is 13.4. The van der Waals surface area contributed by atoms with Crippen molar-refractivity contribution in [1.82, 2.24) is 10.3 Å². The summed E-state index contributed by atoms with van der Waals surface area (Å²) in [6.07, 6.45) is 3.45. The molecule has 1 N–H and O–H groups in total. The van der Waals surface area contributed by atoms with Gasteiger partial charge >= 0.3 is 0 Å². The Kier molecular flexibility index (Phi) is 5.69. The van der Waals surface area contributed by atoms with Gasteiger partial charge in [-0.2, -0.15) is 0 Å². The van der Waals surface area contributed by atoms with Gasteiger partial charge in [0.2, 0.25) is 0 Å². The summed E-state index contributed by atoms with van der Waals surface area (Å²) in [6, 6.07) is 10.4. The largest absolute Gasteiger partial charge is 0.495 e. The van der Waals surface area contributed by atoms with Crippen molar-refractivity contribution in [2.45, 2.75) is 25.8 Å². The van der Waals surface area contributed by atoms with Crippen LogP contribution in [0.15, 0.2) is 42.6 Å². The lowest BCUT2D eigenvalue weighted by molar-refractivity contribution is 0.393. The summed E-state index contributed by atoms with van der Waals surface area (Å²) in [4.78, 5) is 4.44. The van der Waals surface area contributed by atoms with Gasteiger partial charge in [0.25, 0.3) is 0 Å². The van der Waals surface area contributed by atoms with E-state index in [4.69, 9.17) is 4.74 Å². The zero-order valence-electron chi connectivity index (χ0n) is 12.5. The Morgan fingerprint density at radius 1 is 1.29 bits per heavy atom. The Balaban J connectivity index is 2.25. The van der Waals surface area contributed by atoms with E-state index in [1.54, 1.807) is 25.4 Å². The number of hydrogen-bond donors (Lipinski definition) is 1. The van der Waals surface area contributed by atoms with Crippen LogP contribution >= 0.6 is 0 Å². The molecule has 21 heavy (non-hydrogen) atoms. The minimum atomic E-state index is -0.213. The number of benzene rings is 1. The fourth-order valence-corrected chi connectivity index (χ4v) is 2.32. The van der Waals surface area contributed by atoms with Crippen molar-refractivity contribution in [3.63, 3.8) is 0 Å². The van der Waals surface area contributed by atoms with Crippen LogP contribution in [-0.4, -0.2) is 18.6 Å². The van der Waals surface area contributed by atoms with Crippen molar-refractivity contribution in [2.24, 2.45) is 0 Å². The first-order chi connectivity index (χ1) is 10.2. The lowest BCUT2D eigenvalue weighted by Crippen LogP contribution is -2.25. The number of rotatable bonds is 7. The van der Waals surface area contributed by atoms with Crippen molar-refractivity contribution < 1.29 is 9.13 Å². The number of nitrogens with one attached hydrogen (secondary N) is 1. The van der Waals surface area contributed by atoms with Crippen molar-refractivity contribution in [1.29, 1.82) is 0 Å². The summed E-state index contributed by atoms with van der Waals surface area (Å²) >= 11 is 0. The molecule has 1 heterocycles. The standard InChI is InChI=1S/C17H21FN2O/c1-3-9-19-15(12-13-6-4-7-14(18)11-13)17-16(21-2)8-5-10-20-17/h4-8,10-11,15,19H,3,9,12H2,1-2H3. The molecule has 3 nitrogen and oxygen atoms in total. The molecule has 1 aromatic heterocycles. The summed E-state index contributed by atoms with van der Waals surface area (Å²) in [5.41, 5.74) is 1.80. The quantitative estimate of drug-likeness (QED) is 0.846. The van der Waals surface area contributed by atoms with Crippen molar-refractivity contribution >= 4 is 0 Å². The summed E-state index contributed by atoms with van der Waals surface area (Å²) in [7, 11) is 1.64. The first-order valence-electron chi connectivity index (χ1n) is 7.21. The van der Waals surface area contributed by atoms with E-state index in [9.17, 15) is 4.39 Å². The van der Waals surface area contributed by atoms with E-state index >= 15 is 0 Å². The average Bonchev–Trinajstić information content (AvgIpc) is 2.51. The highest BCUT2D eigenvalue weighted by atomic mass is 19.1. The third-order valence-electron chi connectivity index (χ3n) is 3.32. The minimum absolute atomic E-state index is 0.00269. The van der Waals surface area contributed by atoms with Gasteiger partial charge in [-0.05, 0) is 49.2 Å². The molecule has 4 heteroatoms. The van der Waals surface area contributed by atoms with Crippen LogP contribution in [0, 0.1) is 5.82 Å². The highest BCUT2D eigenvalue weighted by Gasteiger charge is 2.17. The highest BCUT2D eigenvalue weighted by Crippen LogP contribution is 2.25. The molecular formula is C17H21FN2O. The molecule has 0 aliphatic carbocycles. The molecule has 2 rings (SSSR count). The molecule has 0 spiro atoms. The van der Waals surface area contributed by atoms with Crippen LogP contribution in [0.2, 0.25) is 0 Å². The van der Waals surface area contributed by atoms with E-state index < -0.39 is 0 Å². The van der Waals surface area contributed by atoms with Gasteiger partial charge in [-0.1, -0.05) is 19.1 Å². The topological polar surface area (TPSA) is 34.2 Å². The fraction of sp³-hybridized carbons (Fsp3) is 0.353. The summed E-state index contributed by atoms with van der Waals surface area (Å²) < 4.78 is 18.7. The number of pyridine rings is 1. The molecule has 2 aromatic rings. The van der Waals surface area contributed by atoms with E-state index in [2.05, 4.69) is 17.2 Å². The number of methoxy groups -OCH3 is 1. The lowest BCUT2D eigenvalue weighted by atomic mass is 10.0. The van der Waals surface area contributed by atoms with Gasteiger partial charge in [-0.25, -0.2) is 4.39 Å². The molecule has 1 atom stereocenters. The zero-order chi connectivity index (χ0) is 15.1. The molecule has 0 aliphatic rings. The number of ether oxygens (including phenoxy) is 1. The van der Waals surface area contributed by atoms with Crippen LogP contribution in [0.5, 0.6) is 5.75 Å². The average molecular weight is 288 g/mol. The monoisotopic (exact) mass is 288 g/mol. The molecule has 1 aromatic carbocycles. The van der Waals surface area contributed by atoms with Gasteiger partial charge in [0, 0.05) is 6.20 Å². The highest BCUT2D eigenvalue weighted by molar-refractivity contribution is 5.31. The third kappa shape index (κ3) is 4.26. The van der Waals surface area contributed by atoms with E-state index in [-0.39, 0.29) is 11.9 Å². The molecule has 0 saturated carbocycles. The lowest BCUT2D eigenvalue weighted by Gasteiger charge is -2.20. The van der Waals surface area contributed by atoms with E-state index in [0.717, 1.165) is 30.0 Å². The SMILES string of the molecule is CCCNC(Cc1cccc(F)c1)c1ncccc1OC. The number of halogens is 1. The first-order valence-corrected chi connectivity index (χ1v) is 7.21. The van der Waals surface area contributed by atoms with E-state index in [0.29, 0.717) is 6.42 Å². The van der Waals surface area contributed by atoms with Crippen molar-refractivity contribution in [2.75, 3.05) is 13.7 Å². The molecule has 112 valence electrons. The Labute approximate surface area is 125 Å². The first kappa shape index (κ1) is 15.4. The molecule has 0 amide bonds. The summed E-state index contributed by atoms with van der Waals surface area (Å²) in [5.74, 6) is 0.539. The molecular weight excluding hydrogens is 267 g/mol. The predicted molar refractivity (Wildman–Crippen MR) is 81.9 cm³/mol. The second-order valence-corrected chi connectivity index (χ2v) is 4.93. The van der Waals surface area contributed by atoms with Gasteiger partial charge in [0.05, 0.1) is 18.8 Å². The van der Waals surface area contributed by atoms with Crippen LogP contribution in [0.25, 0.3) is 0 Å². The second-order valence-electron chi connectivity index (χ2n) is 4.93. The Bertz CT molecular complexity index is 574. The molecule has 0 bridgehead atoms. The van der Waals surface area contributed by atoms with Crippen molar-refractivity contribution in [3.8, 4) is 5.75 Å². The second kappa shape index (κ2) is 7.74. The minimum Gasteiger partial charge on any atom is -0.495 e. The van der Waals surface area contributed by atoms with Gasteiger partial charge in [-0.15, -0.1) is 0 Å². The third-order valence-corrected chi connectivity index (χ3v) is 3.32. The smallest absolute Gasteiger partial charge is 0.141 e. The zero-order valence-corrected chi connectivity index (χ0v) is 12.5. The fourth-order valence-electron chi connectivity index (χ4n) is 2.32. The van der Waals surface area contributed by atoms with Crippen LogP contribution in [0.3, 0.4) is 0 Å². The van der Waals surface area contributed by atoms with Gasteiger partial charge < -0.3 is 10.1 Å². The number of aromatic nitrogens is 1. The van der Waals surface area contributed by atoms with E-state index in [1.807, 2.05) is 18.2 Å². The predicted octanol–water partition coefficient (Wildman–Crippen LogP) is 3.51. The molecule has 1 unspecified atom stereocenters. The van der Waals surface area contributed by atoms with Gasteiger partial charge in [0.15, 0.2) is 0 Å². The number of hydrogen-bond acceptors (Lipinski definition) is 3. The summed E-state index contributed by atoms with van der Waals surface area (Å²) in [6.45, 7) is 2.99. The van der Waals surface area contributed by atoms with Crippen LogP contribution in [-0.2, 0) is 6.42 Å². The Morgan fingerprint density at radius 2 is 2.14 bits per heavy atom. The maximum Gasteiger partial charge on any atom is 0.141 e. The van der Waals surface area contributed by atoms with Crippen LogP contribution in [0.1, 0.15) is 30.6 Å². The van der Waals surface area contributed by atoms with Gasteiger partial charge in [0.1, 0.15) is 11.6 Å². The molecule has 0 aliphatic heterocycles. The molecule has 0 radical (unpaired) electrons. The van der Waals surface area contributed by atoms with Gasteiger partial charge in [-0.3, -0.25) is 4.98 Å². The van der Waals surface area contributed by atoms with Crippen LogP contribution in [0.4, 0.5) is 4.39 Å². The Morgan fingerprint density at radius 3 is 2.86 bits per heavy atom. The number of nitrogens with zero attached hydrogens (tertiary/aromatic N) is 1. The normalized spacial score (nSPS) is 12.1. The van der Waals surface area contributed by atoms with Crippen molar-refractivity contribution in [3.05, 3.63) is 59.7 Å².